The fraction of sp³-hybridized carbons (Fsp3) is 0.640. The molecule has 0 radical (unpaired) electrons. The van der Waals surface area contributed by atoms with Crippen molar-refractivity contribution in [3.8, 4) is 5.75 Å². The monoisotopic (exact) mass is 1020 g/mol. The van der Waals surface area contributed by atoms with Crippen LogP contribution in [0.3, 0.4) is 0 Å². The van der Waals surface area contributed by atoms with Crippen LogP contribution in [0.4, 0.5) is 27.2 Å². The lowest BCUT2D eigenvalue weighted by atomic mass is 10.1. The third-order valence-corrected chi connectivity index (χ3v) is 15.7. The van der Waals surface area contributed by atoms with Gasteiger partial charge in [-0.15, -0.1) is 4.68 Å². The molecule has 3 atom stereocenters. The summed E-state index contributed by atoms with van der Waals surface area (Å²) in [5, 5.41) is 11.6. The summed E-state index contributed by atoms with van der Waals surface area (Å²) in [6.07, 6.45) is 4.27. The highest BCUT2D eigenvalue weighted by Gasteiger charge is 2.37. The maximum absolute atomic E-state index is 14.1. The van der Waals surface area contributed by atoms with E-state index in [-0.39, 0.29) is 53.2 Å². The van der Waals surface area contributed by atoms with Gasteiger partial charge in [0.1, 0.15) is 39.8 Å². The number of carbonyl (C=O) groups is 3. The molecule has 72 heavy (non-hydrogen) atoms. The summed E-state index contributed by atoms with van der Waals surface area (Å²) in [5.41, 5.74) is 0.874. The van der Waals surface area contributed by atoms with Crippen LogP contribution in [-0.2, 0) is 19.3 Å². The number of sulfone groups is 1. The van der Waals surface area contributed by atoms with Gasteiger partial charge >= 0.3 is 12.2 Å². The van der Waals surface area contributed by atoms with E-state index in [1.807, 2.05) is 44.4 Å². The minimum Gasteiger partial charge on any atom is -0.492 e. The molecule has 6 heterocycles. The fourth-order valence-corrected chi connectivity index (χ4v) is 10.2. The summed E-state index contributed by atoms with van der Waals surface area (Å²) >= 11 is 0. The topological polar surface area (TPSA) is 223 Å². The zero-order valence-electron chi connectivity index (χ0n) is 44.4. The Hall–Kier alpha value is -5.71. The van der Waals surface area contributed by atoms with E-state index in [0.717, 1.165) is 30.9 Å². The summed E-state index contributed by atoms with van der Waals surface area (Å²) in [5.74, 6) is 1.29. The number of benzene rings is 1. The number of piperazine rings is 3. The van der Waals surface area contributed by atoms with Crippen molar-refractivity contribution in [2.24, 2.45) is 0 Å². The Labute approximate surface area is 424 Å². The van der Waals surface area contributed by atoms with Crippen LogP contribution in [0.1, 0.15) is 104 Å². The molecule has 3 aliphatic rings. The average molecular weight is 1020 g/mol. The highest BCUT2D eigenvalue weighted by atomic mass is 32.2. The van der Waals surface area contributed by atoms with Gasteiger partial charge in [-0.1, -0.05) is 0 Å². The molecule has 3 aliphatic heterocycles. The molecule has 0 saturated carbocycles. The molecular formula is C50H75N13O8S. The molecule has 0 bridgehead atoms. The van der Waals surface area contributed by atoms with Crippen molar-refractivity contribution in [2.45, 2.75) is 135 Å². The molecule has 394 valence electrons. The third-order valence-electron chi connectivity index (χ3n) is 13.2. The number of aromatic nitrogens is 6. The number of ether oxygens (including phenoxy) is 3. The molecule has 1 aromatic carbocycles. The largest absolute Gasteiger partial charge is 0.492 e. The van der Waals surface area contributed by atoms with Gasteiger partial charge in [-0.05, 0) is 102 Å². The fourth-order valence-electron chi connectivity index (χ4n) is 8.90. The van der Waals surface area contributed by atoms with Crippen molar-refractivity contribution in [3.63, 3.8) is 0 Å². The molecule has 0 unspecified atom stereocenters. The molecule has 3 fully saturated rings. The normalized spacial score (nSPS) is 19.9. The van der Waals surface area contributed by atoms with Gasteiger partial charge in [-0.25, -0.2) is 37.9 Å². The van der Waals surface area contributed by atoms with Crippen LogP contribution >= 0.6 is 0 Å². The molecule has 2 amide bonds. The molecule has 0 spiro atoms. The van der Waals surface area contributed by atoms with E-state index in [1.165, 1.54) is 12.4 Å². The van der Waals surface area contributed by atoms with Gasteiger partial charge in [-0.2, -0.15) is 5.10 Å². The average Bonchev–Trinajstić information content (AvgIpc) is 3.58. The summed E-state index contributed by atoms with van der Waals surface area (Å²) in [7, 11) is -3.93. The van der Waals surface area contributed by atoms with Gasteiger partial charge in [0.05, 0.1) is 28.1 Å². The van der Waals surface area contributed by atoms with Crippen LogP contribution in [0.25, 0.3) is 10.9 Å². The molecule has 21 nitrogen and oxygen atoms in total. The van der Waals surface area contributed by atoms with Crippen LogP contribution < -0.4 is 20.3 Å². The second kappa shape index (κ2) is 21.4. The first-order chi connectivity index (χ1) is 33.7. The number of hydrogen-bond acceptors (Lipinski definition) is 18. The Kier molecular flexibility index (Phi) is 16.1. The number of anilines is 3. The van der Waals surface area contributed by atoms with E-state index in [0.29, 0.717) is 91.7 Å². The molecule has 22 heteroatoms. The van der Waals surface area contributed by atoms with Crippen LogP contribution in [0.15, 0.2) is 35.7 Å². The highest BCUT2D eigenvalue weighted by Crippen LogP contribution is 2.38. The van der Waals surface area contributed by atoms with Crippen molar-refractivity contribution in [1.29, 1.82) is 0 Å². The Balaban J connectivity index is 0.909. The highest BCUT2D eigenvalue weighted by molar-refractivity contribution is 7.92. The lowest BCUT2D eigenvalue weighted by Crippen LogP contribution is -2.63. The number of nitrogens with one attached hydrogen (secondary N) is 2. The molecule has 0 aliphatic carbocycles. The number of aryl methyl sites for hydroxylation is 1. The quantitative estimate of drug-likeness (QED) is 0.163. The van der Waals surface area contributed by atoms with E-state index in [4.69, 9.17) is 14.2 Å². The van der Waals surface area contributed by atoms with Crippen molar-refractivity contribution in [2.75, 3.05) is 88.8 Å². The number of rotatable bonds is 12. The van der Waals surface area contributed by atoms with Crippen molar-refractivity contribution >= 4 is 56.4 Å². The maximum atomic E-state index is 14.1. The number of nitrogens with zero attached hydrogens (tertiary/aromatic N) is 11. The van der Waals surface area contributed by atoms with Crippen molar-refractivity contribution < 1.29 is 37.0 Å². The molecule has 3 saturated heterocycles. The summed E-state index contributed by atoms with van der Waals surface area (Å²) < 4.78 is 45.8. The zero-order chi connectivity index (χ0) is 52.5. The van der Waals surface area contributed by atoms with E-state index in [1.54, 1.807) is 66.9 Å². The lowest BCUT2D eigenvalue weighted by Gasteiger charge is -2.44. The van der Waals surface area contributed by atoms with Crippen LogP contribution in [0, 0.1) is 13.8 Å². The number of hydrogen-bond donors (Lipinski definition) is 2. The second-order valence-corrected chi connectivity index (χ2v) is 24.9. The lowest BCUT2D eigenvalue weighted by molar-refractivity contribution is 0.00693. The Morgan fingerprint density at radius 3 is 2.12 bits per heavy atom. The maximum Gasteiger partial charge on any atom is 0.437 e. The van der Waals surface area contributed by atoms with E-state index < -0.39 is 31.9 Å². The third kappa shape index (κ3) is 12.7. The summed E-state index contributed by atoms with van der Waals surface area (Å²) in [6.45, 7) is 31.4. The van der Waals surface area contributed by atoms with Gasteiger partial charge in [0.2, 0.25) is 5.95 Å². The first-order valence-electron chi connectivity index (χ1n) is 25.0. The number of amides is 2. The Morgan fingerprint density at radius 1 is 0.819 bits per heavy atom. The standard InChI is InChI=1S/C50H75N13O8S/c1-32-25-51-37(30-62(32)46(65)70-48(5,6)7)29-60-20-21-61(28-33(60)2)45-52-26-36(27-53-45)44(64)59-18-16-58(17-19-59)15-14-22-69-40-24-39-38(23-41(40)72(67,68)50(11,12)13)42(55-31-54-39)56-43-34(3)35(4)57-63(43)47(66)71-49(8,9)10/h23-24,26-27,31-33,37,51H,14-22,25,28-30H2,1-13H3,(H,54,55,56)/t32-,33+,37-/m0/s1. The van der Waals surface area contributed by atoms with E-state index in [2.05, 4.69) is 57.3 Å². The molecule has 3 aromatic heterocycles. The SMILES string of the molecule is Cc1nn(C(=O)OC(C)(C)C)c(Nc2ncnc3cc(OCCCN4CCN(C(=O)c5cnc(N6CCN(C[C@H]7CN(C(=O)OC(C)(C)C)[C@@H](C)CN7)[C@H](C)C6)nc5)CC4)c(S(=O)(=O)C(C)(C)C)cc23)c1C. The van der Waals surface area contributed by atoms with Crippen molar-refractivity contribution in [3.05, 3.63) is 47.7 Å². The molecule has 2 N–H and O–H groups in total. The second-order valence-electron chi connectivity index (χ2n) is 22.2. The minimum absolute atomic E-state index is 0.00307. The van der Waals surface area contributed by atoms with E-state index in [9.17, 15) is 22.8 Å². The predicted octanol–water partition coefficient (Wildman–Crippen LogP) is 5.67. The van der Waals surface area contributed by atoms with Crippen LogP contribution in [0.5, 0.6) is 5.75 Å². The summed E-state index contributed by atoms with van der Waals surface area (Å²) in [6, 6.07) is 3.55. The molecule has 4 aromatic rings. The first kappa shape index (κ1) is 54.1. The molecule has 7 rings (SSSR count). The number of fused-ring (bicyclic) bond motifs is 1. The summed E-state index contributed by atoms with van der Waals surface area (Å²) in [4.78, 5) is 68.4. The molecular weight excluding hydrogens is 943 g/mol. The van der Waals surface area contributed by atoms with Gasteiger partial charge in [0.25, 0.3) is 5.91 Å². The minimum atomic E-state index is -3.93. The van der Waals surface area contributed by atoms with Gasteiger partial charge in [0, 0.05) is 120 Å². The smallest absolute Gasteiger partial charge is 0.437 e. The van der Waals surface area contributed by atoms with E-state index >= 15 is 0 Å². The van der Waals surface area contributed by atoms with Gasteiger partial charge in [-0.3, -0.25) is 14.6 Å². The Morgan fingerprint density at radius 2 is 1.49 bits per heavy atom. The van der Waals surface area contributed by atoms with Crippen molar-refractivity contribution in [1.82, 2.24) is 54.6 Å². The zero-order valence-corrected chi connectivity index (χ0v) is 45.2. The van der Waals surface area contributed by atoms with Crippen LogP contribution in [-0.4, -0.2) is 189 Å². The van der Waals surface area contributed by atoms with Gasteiger partial charge < -0.3 is 39.5 Å². The first-order valence-corrected chi connectivity index (χ1v) is 26.5. The Bertz CT molecular complexity index is 2710. The van der Waals surface area contributed by atoms with Crippen LogP contribution in [0.2, 0.25) is 0 Å². The van der Waals surface area contributed by atoms with Gasteiger partial charge in [0.15, 0.2) is 9.84 Å². The number of carbonyl (C=O) groups excluding carboxylic acids is 3. The predicted molar refractivity (Wildman–Crippen MR) is 275 cm³/mol.